The smallest absolute Gasteiger partial charge is 0.322 e. The maximum Gasteiger partial charge on any atom is 0.330 e. The minimum atomic E-state index is -2.93. The van der Waals surface area contributed by atoms with Crippen molar-refractivity contribution in [2.45, 2.75) is 79.0 Å². The number of hydrogen-bond donors (Lipinski definition) is 0. The summed E-state index contributed by atoms with van der Waals surface area (Å²) in [4.78, 5) is 0. The lowest BCUT2D eigenvalue weighted by atomic mass is 10.2. The number of nitrogens with zero attached hydrogens (tertiary/aromatic N) is 1. The van der Waals surface area contributed by atoms with E-state index >= 15 is 0 Å². The van der Waals surface area contributed by atoms with Gasteiger partial charge < -0.3 is 18.1 Å². The van der Waals surface area contributed by atoms with Gasteiger partial charge >= 0.3 is 7.60 Å². The molecule has 0 saturated carbocycles. The average molecular weight is 385 g/mol. The molecular weight excluding hydrogens is 348 g/mol. The normalized spacial score (nSPS) is 15.5. The van der Waals surface area contributed by atoms with Crippen molar-refractivity contribution in [3.63, 3.8) is 0 Å². The Morgan fingerprint density at radius 3 is 2.00 bits per heavy atom. The van der Waals surface area contributed by atoms with Crippen molar-refractivity contribution in [3.8, 4) is 0 Å². The second-order valence-corrected chi connectivity index (χ2v) is 10.2. The predicted octanol–water partition coefficient (Wildman–Crippen LogP) is 5.43. The van der Waals surface area contributed by atoms with Crippen molar-refractivity contribution in [3.05, 3.63) is 0 Å². The standard InChI is InChI=1S/C16H37NO5P2/c1-9-12-21-23(17(14(2)3)15(4)5)22-16(6)11-10-13-24(18,19-7)20-8/h14-16H,9-13H2,1-8H3. The molecule has 0 aliphatic heterocycles. The van der Waals surface area contributed by atoms with Crippen LogP contribution in [0.3, 0.4) is 0 Å². The molecule has 0 rings (SSSR count). The van der Waals surface area contributed by atoms with E-state index in [2.05, 4.69) is 39.3 Å². The SMILES string of the molecule is CCCOP(OC(C)CCCP(=O)(OC)OC)N(C(C)C)C(C)C. The van der Waals surface area contributed by atoms with E-state index in [0.29, 0.717) is 24.9 Å². The summed E-state index contributed by atoms with van der Waals surface area (Å²) in [5.41, 5.74) is 0. The van der Waals surface area contributed by atoms with Crippen molar-refractivity contribution in [2.24, 2.45) is 0 Å². The molecule has 0 fully saturated rings. The fourth-order valence-corrected chi connectivity index (χ4v) is 5.22. The quantitative estimate of drug-likeness (QED) is 0.372. The van der Waals surface area contributed by atoms with E-state index in [1.807, 2.05) is 6.92 Å². The Balaban J connectivity index is 4.63. The van der Waals surface area contributed by atoms with E-state index in [1.54, 1.807) is 0 Å². The lowest BCUT2D eigenvalue weighted by Gasteiger charge is -2.37. The van der Waals surface area contributed by atoms with Crippen LogP contribution in [0.25, 0.3) is 0 Å². The van der Waals surface area contributed by atoms with E-state index in [1.165, 1.54) is 14.2 Å². The van der Waals surface area contributed by atoms with Gasteiger partial charge in [-0.25, -0.2) is 4.67 Å². The van der Waals surface area contributed by atoms with E-state index in [-0.39, 0.29) is 6.10 Å². The first-order valence-corrected chi connectivity index (χ1v) is 11.6. The van der Waals surface area contributed by atoms with Crippen LogP contribution in [0.4, 0.5) is 0 Å². The molecule has 0 aromatic rings. The predicted molar refractivity (Wildman–Crippen MR) is 102 cm³/mol. The van der Waals surface area contributed by atoms with Crippen molar-refractivity contribution >= 4 is 16.1 Å². The van der Waals surface area contributed by atoms with Gasteiger partial charge in [0.05, 0.1) is 18.9 Å². The zero-order chi connectivity index (χ0) is 18.8. The van der Waals surface area contributed by atoms with Crippen LogP contribution in [-0.2, 0) is 22.7 Å². The van der Waals surface area contributed by atoms with Gasteiger partial charge in [-0.2, -0.15) is 0 Å². The van der Waals surface area contributed by atoms with Crippen molar-refractivity contribution in [2.75, 3.05) is 27.0 Å². The van der Waals surface area contributed by atoms with Crippen LogP contribution >= 0.6 is 16.1 Å². The number of rotatable bonds is 14. The maximum absolute atomic E-state index is 12.1. The first-order valence-electron chi connectivity index (χ1n) is 8.79. The van der Waals surface area contributed by atoms with Crippen LogP contribution in [0.15, 0.2) is 0 Å². The highest BCUT2D eigenvalue weighted by molar-refractivity contribution is 7.53. The molecule has 0 amide bonds. The first kappa shape index (κ1) is 24.5. The minimum absolute atomic E-state index is 0.0233. The summed E-state index contributed by atoms with van der Waals surface area (Å²) in [6, 6.07) is 0.699. The fourth-order valence-electron chi connectivity index (χ4n) is 2.33. The first-order chi connectivity index (χ1) is 11.2. The molecule has 8 heteroatoms. The largest absolute Gasteiger partial charge is 0.330 e. The van der Waals surface area contributed by atoms with Gasteiger partial charge in [0.2, 0.25) is 0 Å². The summed E-state index contributed by atoms with van der Waals surface area (Å²) in [7, 11) is -1.19. The van der Waals surface area contributed by atoms with Gasteiger partial charge in [-0.15, -0.1) is 0 Å². The summed E-state index contributed by atoms with van der Waals surface area (Å²) in [6.45, 7) is 13.5. The van der Waals surface area contributed by atoms with Crippen LogP contribution in [0.1, 0.15) is 60.8 Å². The molecule has 0 saturated heterocycles. The van der Waals surface area contributed by atoms with Crippen molar-refractivity contribution in [1.29, 1.82) is 0 Å². The van der Waals surface area contributed by atoms with Gasteiger partial charge in [0.25, 0.3) is 8.53 Å². The third kappa shape index (κ3) is 9.24. The highest BCUT2D eigenvalue weighted by atomic mass is 31.2. The Kier molecular flexibility index (Phi) is 13.0. The fraction of sp³-hybridized carbons (Fsp3) is 1.00. The molecule has 0 aliphatic rings. The van der Waals surface area contributed by atoms with Gasteiger partial charge in [-0.05, 0) is 53.9 Å². The van der Waals surface area contributed by atoms with Crippen LogP contribution in [0, 0.1) is 0 Å². The van der Waals surface area contributed by atoms with Crippen molar-refractivity contribution in [1.82, 2.24) is 4.67 Å². The molecule has 0 radical (unpaired) electrons. The van der Waals surface area contributed by atoms with Gasteiger partial charge in [0.1, 0.15) is 0 Å². The van der Waals surface area contributed by atoms with Crippen LogP contribution in [0.5, 0.6) is 0 Å². The highest BCUT2D eigenvalue weighted by Gasteiger charge is 2.29. The molecule has 0 aliphatic carbocycles. The summed E-state index contributed by atoms with van der Waals surface area (Å²) in [5, 5.41) is 0. The second-order valence-electron chi connectivity index (χ2n) is 6.40. The van der Waals surface area contributed by atoms with E-state index in [9.17, 15) is 4.57 Å². The summed E-state index contributed by atoms with van der Waals surface area (Å²) in [5.74, 6) is 0. The Bertz CT molecular complexity index is 352. The molecule has 0 aromatic heterocycles. The molecule has 0 bridgehead atoms. The number of hydrogen-bond acceptors (Lipinski definition) is 6. The van der Waals surface area contributed by atoms with E-state index < -0.39 is 16.1 Å². The molecule has 0 N–H and O–H groups in total. The van der Waals surface area contributed by atoms with Crippen LogP contribution in [0.2, 0.25) is 0 Å². The van der Waals surface area contributed by atoms with Gasteiger partial charge in [-0.1, -0.05) is 6.92 Å². The van der Waals surface area contributed by atoms with Gasteiger partial charge in [-0.3, -0.25) is 4.57 Å². The minimum Gasteiger partial charge on any atom is -0.322 e. The Labute approximate surface area is 150 Å². The summed E-state index contributed by atoms with van der Waals surface area (Å²) >= 11 is 0. The summed E-state index contributed by atoms with van der Waals surface area (Å²) < 4.78 is 36.5. The Morgan fingerprint density at radius 2 is 1.58 bits per heavy atom. The zero-order valence-corrected chi connectivity index (χ0v) is 18.4. The van der Waals surface area contributed by atoms with Gasteiger partial charge in [0, 0.05) is 26.3 Å². The third-order valence-electron chi connectivity index (χ3n) is 3.52. The van der Waals surface area contributed by atoms with Crippen LogP contribution in [-0.4, -0.2) is 49.8 Å². The Hall–Kier alpha value is 0.460. The Morgan fingerprint density at radius 1 is 1.04 bits per heavy atom. The second kappa shape index (κ2) is 12.8. The topological polar surface area (TPSA) is 57.2 Å². The highest BCUT2D eigenvalue weighted by Crippen LogP contribution is 2.49. The molecule has 146 valence electrons. The van der Waals surface area contributed by atoms with Crippen molar-refractivity contribution < 1.29 is 22.7 Å². The molecule has 6 nitrogen and oxygen atoms in total. The zero-order valence-electron chi connectivity index (χ0n) is 16.7. The maximum atomic E-state index is 12.1. The monoisotopic (exact) mass is 385 g/mol. The lowest BCUT2D eigenvalue weighted by molar-refractivity contribution is 0.134. The van der Waals surface area contributed by atoms with Crippen LogP contribution < -0.4 is 0 Å². The van der Waals surface area contributed by atoms with E-state index in [4.69, 9.17) is 18.1 Å². The average Bonchev–Trinajstić information content (AvgIpc) is 2.51. The third-order valence-corrected chi connectivity index (χ3v) is 7.74. The van der Waals surface area contributed by atoms with Gasteiger partial charge in [0.15, 0.2) is 0 Å². The summed E-state index contributed by atoms with van der Waals surface area (Å²) in [6.07, 6.45) is 2.90. The molecule has 2 atom stereocenters. The molecule has 0 spiro atoms. The molecular formula is C16H37NO5P2. The molecule has 24 heavy (non-hydrogen) atoms. The molecule has 0 aromatic carbocycles. The lowest BCUT2D eigenvalue weighted by Crippen LogP contribution is -2.34. The van der Waals surface area contributed by atoms with E-state index in [0.717, 1.165) is 19.3 Å². The molecule has 2 unspecified atom stereocenters. The molecule has 0 heterocycles.